The highest BCUT2D eigenvalue weighted by molar-refractivity contribution is 9.10. The summed E-state index contributed by atoms with van der Waals surface area (Å²) in [7, 11) is 0. The third-order valence-corrected chi connectivity index (χ3v) is 4.50. The van der Waals surface area contributed by atoms with E-state index in [0.29, 0.717) is 0 Å². The SMILES string of the molecule is OC1(c2cscc2Br)CCCCC1. The van der Waals surface area contributed by atoms with E-state index in [-0.39, 0.29) is 0 Å². The van der Waals surface area contributed by atoms with Crippen LogP contribution >= 0.6 is 27.3 Å². The van der Waals surface area contributed by atoms with E-state index in [9.17, 15) is 5.11 Å². The molecule has 1 aliphatic rings. The molecule has 0 aliphatic heterocycles. The van der Waals surface area contributed by atoms with Crippen LogP contribution < -0.4 is 0 Å². The van der Waals surface area contributed by atoms with Crippen LogP contribution in [0.15, 0.2) is 15.2 Å². The van der Waals surface area contributed by atoms with Gasteiger partial charge in [-0.15, -0.1) is 0 Å². The minimum absolute atomic E-state index is 0.545. The zero-order chi connectivity index (χ0) is 9.31. The first-order valence-corrected chi connectivity index (χ1v) is 6.40. The van der Waals surface area contributed by atoms with Crippen molar-refractivity contribution in [1.82, 2.24) is 0 Å². The molecule has 0 unspecified atom stereocenters. The van der Waals surface area contributed by atoms with Gasteiger partial charge in [-0.2, -0.15) is 11.3 Å². The van der Waals surface area contributed by atoms with E-state index in [1.807, 2.05) is 5.38 Å². The summed E-state index contributed by atoms with van der Waals surface area (Å²) in [5.41, 5.74) is 0.550. The predicted octanol–water partition coefficient (Wildman–Crippen LogP) is 3.66. The van der Waals surface area contributed by atoms with Crippen molar-refractivity contribution in [3.63, 3.8) is 0 Å². The zero-order valence-corrected chi connectivity index (χ0v) is 9.83. The Labute approximate surface area is 90.9 Å². The van der Waals surface area contributed by atoms with Crippen molar-refractivity contribution in [3.8, 4) is 0 Å². The summed E-state index contributed by atoms with van der Waals surface area (Å²) < 4.78 is 1.07. The average molecular weight is 261 g/mol. The van der Waals surface area contributed by atoms with E-state index in [1.165, 1.54) is 6.42 Å². The van der Waals surface area contributed by atoms with Crippen molar-refractivity contribution >= 4 is 27.3 Å². The fourth-order valence-corrected chi connectivity index (χ4v) is 3.78. The highest BCUT2D eigenvalue weighted by atomic mass is 79.9. The monoisotopic (exact) mass is 260 g/mol. The fourth-order valence-electron chi connectivity index (χ4n) is 2.02. The number of rotatable bonds is 1. The van der Waals surface area contributed by atoms with E-state index in [0.717, 1.165) is 35.7 Å². The molecule has 1 aromatic heterocycles. The minimum atomic E-state index is -0.545. The maximum absolute atomic E-state index is 10.4. The summed E-state index contributed by atoms with van der Waals surface area (Å²) in [6, 6.07) is 0. The van der Waals surface area contributed by atoms with E-state index in [4.69, 9.17) is 0 Å². The molecule has 0 radical (unpaired) electrons. The van der Waals surface area contributed by atoms with Gasteiger partial charge in [0.25, 0.3) is 0 Å². The van der Waals surface area contributed by atoms with Crippen LogP contribution in [0, 0.1) is 0 Å². The van der Waals surface area contributed by atoms with Crippen LogP contribution in [0.25, 0.3) is 0 Å². The van der Waals surface area contributed by atoms with Crippen molar-refractivity contribution in [3.05, 3.63) is 20.8 Å². The molecular formula is C10H13BrOS. The zero-order valence-electron chi connectivity index (χ0n) is 7.42. The Hall–Kier alpha value is 0.140. The van der Waals surface area contributed by atoms with Crippen LogP contribution in [0.2, 0.25) is 0 Å². The van der Waals surface area contributed by atoms with Crippen molar-refractivity contribution in [1.29, 1.82) is 0 Å². The Morgan fingerprint density at radius 2 is 1.92 bits per heavy atom. The summed E-state index contributed by atoms with van der Waals surface area (Å²) in [6.07, 6.45) is 5.41. The Kier molecular flexibility index (Phi) is 2.77. The molecule has 1 aromatic rings. The van der Waals surface area contributed by atoms with Crippen LogP contribution in [0.5, 0.6) is 0 Å². The van der Waals surface area contributed by atoms with Gasteiger partial charge in [-0.25, -0.2) is 0 Å². The van der Waals surface area contributed by atoms with Crippen LogP contribution in [0.1, 0.15) is 37.7 Å². The number of aliphatic hydroxyl groups is 1. The smallest absolute Gasteiger partial charge is 0.0915 e. The Bertz CT molecular complexity index is 289. The molecule has 1 N–H and O–H groups in total. The summed E-state index contributed by atoms with van der Waals surface area (Å²) in [5.74, 6) is 0. The molecule has 1 nitrogen and oxygen atoms in total. The quantitative estimate of drug-likeness (QED) is 0.817. The lowest BCUT2D eigenvalue weighted by atomic mass is 9.81. The molecule has 1 heterocycles. The highest BCUT2D eigenvalue weighted by Gasteiger charge is 2.33. The Morgan fingerprint density at radius 1 is 1.23 bits per heavy atom. The molecule has 2 rings (SSSR count). The van der Waals surface area contributed by atoms with Crippen molar-refractivity contribution in [2.75, 3.05) is 0 Å². The second-order valence-electron chi connectivity index (χ2n) is 3.73. The molecule has 1 saturated carbocycles. The van der Waals surface area contributed by atoms with E-state index >= 15 is 0 Å². The van der Waals surface area contributed by atoms with E-state index < -0.39 is 5.60 Å². The van der Waals surface area contributed by atoms with Gasteiger partial charge in [0.2, 0.25) is 0 Å². The molecular weight excluding hydrogens is 248 g/mol. The molecule has 0 amide bonds. The molecule has 1 aliphatic carbocycles. The molecule has 72 valence electrons. The lowest BCUT2D eigenvalue weighted by Gasteiger charge is -2.32. The maximum Gasteiger partial charge on any atom is 0.0915 e. The van der Waals surface area contributed by atoms with Crippen molar-refractivity contribution in [2.24, 2.45) is 0 Å². The lowest BCUT2D eigenvalue weighted by Crippen LogP contribution is -2.28. The minimum Gasteiger partial charge on any atom is -0.385 e. The molecule has 0 bridgehead atoms. The predicted molar refractivity (Wildman–Crippen MR) is 59.0 cm³/mol. The second kappa shape index (κ2) is 3.71. The Balaban J connectivity index is 2.27. The number of thiophene rings is 1. The second-order valence-corrected chi connectivity index (χ2v) is 5.32. The van der Waals surface area contributed by atoms with Crippen LogP contribution in [0.4, 0.5) is 0 Å². The summed E-state index contributed by atoms with van der Waals surface area (Å²) in [4.78, 5) is 0. The van der Waals surface area contributed by atoms with E-state index in [2.05, 4.69) is 21.3 Å². The highest BCUT2D eigenvalue weighted by Crippen LogP contribution is 2.41. The lowest BCUT2D eigenvalue weighted by molar-refractivity contribution is -0.000866. The van der Waals surface area contributed by atoms with Crippen LogP contribution in [0.3, 0.4) is 0 Å². The first kappa shape index (κ1) is 9.69. The molecule has 1 fully saturated rings. The fraction of sp³-hybridized carbons (Fsp3) is 0.600. The largest absolute Gasteiger partial charge is 0.385 e. The van der Waals surface area contributed by atoms with Gasteiger partial charge in [0.1, 0.15) is 0 Å². The Morgan fingerprint density at radius 3 is 2.46 bits per heavy atom. The summed E-state index contributed by atoms with van der Waals surface area (Å²) in [5, 5.41) is 14.5. The van der Waals surface area contributed by atoms with Crippen molar-refractivity contribution < 1.29 is 5.11 Å². The van der Waals surface area contributed by atoms with Gasteiger partial charge in [0, 0.05) is 15.4 Å². The summed E-state index contributed by atoms with van der Waals surface area (Å²) in [6.45, 7) is 0. The first-order chi connectivity index (χ1) is 6.22. The van der Waals surface area contributed by atoms with Gasteiger partial charge >= 0.3 is 0 Å². The number of hydrogen-bond donors (Lipinski definition) is 1. The van der Waals surface area contributed by atoms with Gasteiger partial charge in [-0.05, 0) is 34.2 Å². The standard InChI is InChI=1S/C10H13BrOS/c11-9-7-13-6-8(9)10(12)4-2-1-3-5-10/h6-7,12H,1-5H2. The van der Waals surface area contributed by atoms with Crippen LogP contribution in [-0.4, -0.2) is 5.11 Å². The first-order valence-electron chi connectivity index (χ1n) is 4.67. The van der Waals surface area contributed by atoms with Gasteiger partial charge in [0.05, 0.1) is 5.60 Å². The normalized spacial score (nSPS) is 21.7. The number of halogens is 1. The van der Waals surface area contributed by atoms with Gasteiger partial charge in [-0.1, -0.05) is 19.3 Å². The van der Waals surface area contributed by atoms with Crippen molar-refractivity contribution in [2.45, 2.75) is 37.7 Å². The molecule has 3 heteroatoms. The molecule has 13 heavy (non-hydrogen) atoms. The topological polar surface area (TPSA) is 20.2 Å². The van der Waals surface area contributed by atoms with Crippen LogP contribution in [-0.2, 0) is 5.60 Å². The van der Waals surface area contributed by atoms with Gasteiger partial charge < -0.3 is 5.11 Å². The molecule has 0 atom stereocenters. The average Bonchev–Trinajstić information content (AvgIpc) is 2.53. The molecule has 0 aromatic carbocycles. The third-order valence-electron chi connectivity index (χ3n) is 2.80. The third kappa shape index (κ3) is 1.83. The van der Waals surface area contributed by atoms with E-state index in [1.54, 1.807) is 11.3 Å². The maximum atomic E-state index is 10.4. The summed E-state index contributed by atoms with van der Waals surface area (Å²) >= 11 is 5.14. The molecule has 0 saturated heterocycles. The van der Waals surface area contributed by atoms with Gasteiger partial charge in [0.15, 0.2) is 0 Å². The number of hydrogen-bond acceptors (Lipinski definition) is 2. The van der Waals surface area contributed by atoms with Gasteiger partial charge in [-0.3, -0.25) is 0 Å². The molecule has 0 spiro atoms.